The van der Waals surface area contributed by atoms with Gasteiger partial charge in [-0.1, -0.05) is 37.1 Å². The molecule has 0 spiro atoms. The molecule has 2 aromatic rings. The minimum absolute atomic E-state index is 0.0354. The standard InChI is InChI=1S/C35H43FN6O7S/c1-34(2,3)49-32(46)38-26-13-8-6-4-5-7-11-22-17-35(22,30(45)39-31-37-14-15-50-31)40-28(43)27-16-23(19-42(27)29(26)44)48-33(47)41-18-21-10-9-12-25(36)24(21)20-41/h7,9-12,14-15,22-23,26-27H,4-6,8,13,16-20H2,1-3H3,(H,38,46)(H,40,43)(H,37,39,45)/t22-,23-,26+,27+,35-/m1/s1. The summed E-state index contributed by atoms with van der Waals surface area (Å²) >= 11 is 1.26. The second-order valence-corrected chi connectivity index (χ2v) is 15.2. The Kier molecular flexibility index (Phi) is 10.1. The third kappa shape index (κ3) is 7.92. The summed E-state index contributed by atoms with van der Waals surface area (Å²) in [4.78, 5) is 75.2. The molecule has 1 saturated carbocycles. The average Bonchev–Trinajstić information content (AvgIpc) is 3.47. The summed E-state index contributed by atoms with van der Waals surface area (Å²) in [6.07, 6.45) is 6.80. The highest BCUT2D eigenvalue weighted by molar-refractivity contribution is 7.13. The molecule has 2 fully saturated rings. The van der Waals surface area contributed by atoms with Crippen LogP contribution in [0.1, 0.15) is 76.8 Å². The van der Waals surface area contributed by atoms with E-state index in [1.165, 1.54) is 27.2 Å². The molecule has 1 aromatic carbocycles. The van der Waals surface area contributed by atoms with Gasteiger partial charge in [0, 0.05) is 36.0 Å². The van der Waals surface area contributed by atoms with E-state index in [2.05, 4.69) is 20.9 Å². The highest BCUT2D eigenvalue weighted by Gasteiger charge is 2.61. The molecule has 0 unspecified atom stereocenters. The van der Waals surface area contributed by atoms with Crippen molar-refractivity contribution in [3.8, 4) is 0 Å². The van der Waals surface area contributed by atoms with Crippen LogP contribution in [0.15, 0.2) is 41.9 Å². The molecule has 268 valence electrons. The van der Waals surface area contributed by atoms with E-state index < -0.39 is 65.1 Å². The third-order valence-electron chi connectivity index (χ3n) is 9.44. The number of hydrogen-bond acceptors (Lipinski definition) is 9. The van der Waals surface area contributed by atoms with Gasteiger partial charge in [0.25, 0.3) is 5.91 Å². The number of hydrogen-bond donors (Lipinski definition) is 3. The first-order chi connectivity index (χ1) is 23.8. The highest BCUT2D eigenvalue weighted by atomic mass is 32.1. The van der Waals surface area contributed by atoms with Gasteiger partial charge < -0.3 is 25.0 Å². The van der Waals surface area contributed by atoms with Gasteiger partial charge in [0.15, 0.2) is 5.13 Å². The average molecular weight is 711 g/mol. The summed E-state index contributed by atoms with van der Waals surface area (Å²) in [5, 5.41) is 10.6. The predicted molar refractivity (Wildman–Crippen MR) is 181 cm³/mol. The number of aromatic nitrogens is 1. The molecule has 5 atom stereocenters. The van der Waals surface area contributed by atoms with Crippen LogP contribution in [-0.2, 0) is 36.9 Å². The molecule has 0 radical (unpaired) electrons. The van der Waals surface area contributed by atoms with Gasteiger partial charge in [0.05, 0.1) is 13.1 Å². The number of anilines is 1. The molecule has 1 aliphatic carbocycles. The lowest BCUT2D eigenvalue weighted by Gasteiger charge is -2.30. The molecule has 50 heavy (non-hydrogen) atoms. The number of carbonyl (C=O) groups is 5. The number of ether oxygens (including phenoxy) is 2. The van der Waals surface area contributed by atoms with Crippen LogP contribution in [-0.4, -0.2) is 80.6 Å². The molecule has 1 aromatic heterocycles. The Labute approximate surface area is 293 Å². The molecule has 0 bridgehead atoms. The van der Waals surface area contributed by atoms with Crippen molar-refractivity contribution < 1.29 is 37.8 Å². The second-order valence-electron chi connectivity index (χ2n) is 14.3. The number of halogens is 1. The van der Waals surface area contributed by atoms with E-state index in [1.807, 2.05) is 12.2 Å². The first-order valence-electron chi connectivity index (χ1n) is 17.0. The third-order valence-corrected chi connectivity index (χ3v) is 10.1. The molecular weight excluding hydrogens is 667 g/mol. The van der Waals surface area contributed by atoms with Crippen LogP contribution < -0.4 is 16.0 Å². The molecule has 3 aliphatic heterocycles. The lowest BCUT2D eigenvalue weighted by molar-refractivity contribution is -0.141. The Bertz CT molecular complexity index is 1660. The number of benzene rings is 1. The van der Waals surface area contributed by atoms with E-state index in [9.17, 15) is 28.4 Å². The van der Waals surface area contributed by atoms with Crippen molar-refractivity contribution in [3.05, 3.63) is 58.9 Å². The highest BCUT2D eigenvalue weighted by Crippen LogP contribution is 2.46. The monoisotopic (exact) mass is 710 g/mol. The van der Waals surface area contributed by atoms with Gasteiger partial charge in [0.2, 0.25) is 11.8 Å². The molecule has 15 heteroatoms. The summed E-state index contributed by atoms with van der Waals surface area (Å²) in [6.45, 7) is 5.24. The van der Waals surface area contributed by atoms with Crippen molar-refractivity contribution in [2.24, 2.45) is 5.92 Å². The molecule has 3 N–H and O–H groups in total. The molecule has 6 rings (SSSR count). The Morgan fingerprint density at radius 3 is 2.70 bits per heavy atom. The van der Waals surface area contributed by atoms with E-state index >= 15 is 0 Å². The van der Waals surface area contributed by atoms with Gasteiger partial charge in [-0.25, -0.2) is 19.0 Å². The van der Waals surface area contributed by atoms with Crippen LogP contribution in [0.2, 0.25) is 0 Å². The van der Waals surface area contributed by atoms with Crippen molar-refractivity contribution in [1.29, 1.82) is 0 Å². The minimum Gasteiger partial charge on any atom is -0.444 e. The molecule has 4 aliphatic rings. The van der Waals surface area contributed by atoms with Gasteiger partial charge in [-0.05, 0) is 58.1 Å². The smallest absolute Gasteiger partial charge is 0.410 e. The lowest BCUT2D eigenvalue weighted by atomic mass is 10.0. The van der Waals surface area contributed by atoms with E-state index in [0.29, 0.717) is 35.5 Å². The summed E-state index contributed by atoms with van der Waals surface area (Å²) < 4.78 is 25.7. The van der Waals surface area contributed by atoms with Crippen molar-refractivity contribution in [3.63, 3.8) is 0 Å². The first-order valence-corrected chi connectivity index (χ1v) is 17.9. The number of carbonyl (C=O) groups excluding carboxylic acids is 5. The van der Waals surface area contributed by atoms with Crippen LogP contribution in [0.3, 0.4) is 0 Å². The van der Waals surface area contributed by atoms with E-state index in [0.717, 1.165) is 19.3 Å². The van der Waals surface area contributed by atoms with Gasteiger partial charge in [-0.3, -0.25) is 24.6 Å². The van der Waals surface area contributed by atoms with Crippen LogP contribution in [0, 0.1) is 11.7 Å². The number of rotatable bonds is 4. The SMILES string of the molecule is CC(C)(C)OC(=O)N[C@H]1CCCCCC=C[C@@H]2C[C@@]2(C(=O)Nc2nccs2)NC(=O)[C@@H]2C[C@@H](OC(=O)N3Cc4cccc(F)c4C3)CN2C1=O. The molecular formula is C35H43FN6O7S. The maximum absolute atomic E-state index is 14.4. The number of thiazole rings is 1. The van der Waals surface area contributed by atoms with Gasteiger partial charge in [-0.15, -0.1) is 11.3 Å². The zero-order valence-electron chi connectivity index (χ0n) is 28.4. The fourth-order valence-electron chi connectivity index (χ4n) is 6.84. The number of alkyl carbamates (subject to hydrolysis) is 1. The Balaban J connectivity index is 1.25. The summed E-state index contributed by atoms with van der Waals surface area (Å²) in [5.74, 6) is -2.19. The molecule has 5 amide bonds. The predicted octanol–water partition coefficient (Wildman–Crippen LogP) is 4.63. The first kappa shape index (κ1) is 35.3. The van der Waals surface area contributed by atoms with E-state index in [4.69, 9.17) is 9.47 Å². The summed E-state index contributed by atoms with van der Waals surface area (Å²) in [6, 6.07) is 2.55. The maximum Gasteiger partial charge on any atom is 0.410 e. The number of nitrogens with one attached hydrogen (secondary N) is 3. The van der Waals surface area contributed by atoms with Gasteiger partial charge in [-0.2, -0.15) is 0 Å². The van der Waals surface area contributed by atoms with Crippen LogP contribution in [0.4, 0.5) is 19.1 Å². The fraction of sp³-hybridized carbons (Fsp3) is 0.543. The summed E-state index contributed by atoms with van der Waals surface area (Å²) in [5.41, 5.74) is -0.964. The lowest BCUT2D eigenvalue weighted by Crippen LogP contribution is -2.57. The molecule has 1 saturated heterocycles. The van der Waals surface area contributed by atoms with E-state index in [-0.39, 0.29) is 32.0 Å². The van der Waals surface area contributed by atoms with E-state index in [1.54, 1.807) is 44.5 Å². The molecule has 13 nitrogen and oxygen atoms in total. The number of amides is 5. The quantitative estimate of drug-likeness (QED) is 0.388. The molecule has 4 heterocycles. The van der Waals surface area contributed by atoms with Crippen molar-refractivity contribution in [2.45, 2.75) is 108 Å². The van der Waals surface area contributed by atoms with Crippen molar-refractivity contribution in [2.75, 3.05) is 11.9 Å². The maximum atomic E-state index is 14.4. The topological polar surface area (TPSA) is 159 Å². The zero-order chi connectivity index (χ0) is 35.6. The van der Waals surface area contributed by atoms with Crippen LogP contribution in [0.5, 0.6) is 0 Å². The van der Waals surface area contributed by atoms with Crippen molar-refractivity contribution >= 4 is 46.4 Å². The Morgan fingerprint density at radius 1 is 1.14 bits per heavy atom. The Morgan fingerprint density at radius 2 is 1.96 bits per heavy atom. The number of fused-ring (bicyclic) bond motifs is 3. The van der Waals surface area contributed by atoms with Gasteiger partial charge >= 0.3 is 12.2 Å². The Hall–Kier alpha value is -4.53. The van der Waals surface area contributed by atoms with Crippen LogP contribution >= 0.6 is 11.3 Å². The normalized spacial score (nSPS) is 26.8. The number of allylic oxidation sites excluding steroid dienone is 1. The van der Waals surface area contributed by atoms with Crippen molar-refractivity contribution in [1.82, 2.24) is 25.4 Å². The van der Waals surface area contributed by atoms with Crippen LogP contribution in [0.25, 0.3) is 0 Å². The minimum atomic E-state index is -1.26. The fourth-order valence-corrected chi connectivity index (χ4v) is 7.36. The zero-order valence-corrected chi connectivity index (χ0v) is 29.2. The second kappa shape index (κ2) is 14.4. The summed E-state index contributed by atoms with van der Waals surface area (Å²) in [7, 11) is 0. The number of nitrogens with zero attached hydrogens (tertiary/aromatic N) is 3. The largest absolute Gasteiger partial charge is 0.444 e. The van der Waals surface area contributed by atoms with Gasteiger partial charge in [0.1, 0.15) is 35.1 Å².